The Hall–Kier alpha value is -1.52. The molecule has 0 fully saturated rings. The van der Waals surface area contributed by atoms with Gasteiger partial charge in [-0.15, -0.1) is 11.8 Å². The zero-order valence-corrected chi connectivity index (χ0v) is 12.7. The number of nitrogen functional groups attached to an aromatic ring is 1. The number of hydrogen-bond acceptors (Lipinski definition) is 3. The van der Waals surface area contributed by atoms with Crippen LogP contribution in [0.1, 0.15) is 11.1 Å². The van der Waals surface area contributed by atoms with Crippen LogP contribution in [-0.2, 0) is 13.0 Å². The Kier molecular flexibility index (Phi) is 4.46. The number of hydrogen-bond donors (Lipinski definition) is 1. The van der Waals surface area contributed by atoms with Crippen molar-refractivity contribution in [3.8, 4) is 0 Å². The highest BCUT2D eigenvalue weighted by atomic mass is 32.2. The molecule has 0 unspecified atom stereocenters. The Labute approximate surface area is 129 Å². The lowest BCUT2D eigenvalue weighted by Gasteiger charge is -2.29. The highest BCUT2D eigenvalue weighted by Gasteiger charge is 2.17. The topological polar surface area (TPSA) is 29.3 Å². The number of thioether (sulfide) groups is 1. The van der Waals surface area contributed by atoms with E-state index in [1.165, 1.54) is 23.3 Å². The third-order valence-electron chi connectivity index (χ3n) is 3.88. The molecule has 0 bridgehead atoms. The van der Waals surface area contributed by atoms with Gasteiger partial charge in [-0.25, -0.2) is 4.39 Å². The highest BCUT2D eigenvalue weighted by Crippen LogP contribution is 2.25. The second-order valence-corrected chi connectivity index (χ2v) is 6.48. The van der Waals surface area contributed by atoms with Gasteiger partial charge in [0.2, 0.25) is 0 Å². The van der Waals surface area contributed by atoms with Crippen LogP contribution in [0.2, 0.25) is 0 Å². The molecule has 1 heterocycles. The average molecular weight is 302 g/mol. The number of nitrogens with zero attached hydrogens (tertiary/aromatic N) is 1. The Morgan fingerprint density at radius 3 is 2.76 bits per heavy atom. The minimum absolute atomic E-state index is 0.178. The third-order valence-corrected chi connectivity index (χ3v) is 4.87. The first-order valence-corrected chi connectivity index (χ1v) is 8.18. The van der Waals surface area contributed by atoms with Gasteiger partial charge in [0.25, 0.3) is 0 Å². The molecule has 2 nitrogen and oxygen atoms in total. The van der Waals surface area contributed by atoms with E-state index < -0.39 is 0 Å². The fraction of sp³-hybridized carbons (Fsp3) is 0.294. The molecule has 2 aromatic rings. The van der Waals surface area contributed by atoms with Crippen molar-refractivity contribution in [3.63, 3.8) is 0 Å². The van der Waals surface area contributed by atoms with Crippen molar-refractivity contribution in [2.45, 2.75) is 17.9 Å². The van der Waals surface area contributed by atoms with Crippen molar-refractivity contribution in [3.05, 3.63) is 59.4 Å². The van der Waals surface area contributed by atoms with Crippen molar-refractivity contribution >= 4 is 17.4 Å². The predicted molar refractivity (Wildman–Crippen MR) is 87.0 cm³/mol. The van der Waals surface area contributed by atoms with Crippen LogP contribution < -0.4 is 5.73 Å². The monoisotopic (exact) mass is 302 g/mol. The van der Waals surface area contributed by atoms with Crippen molar-refractivity contribution in [1.82, 2.24) is 4.90 Å². The fourth-order valence-electron chi connectivity index (χ4n) is 2.68. The minimum Gasteiger partial charge on any atom is -0.398 e. The predicted octanol–water partition coefficient (Wildman–Crippen LogP) is 3.56. The van der Waals surface area contributed by atoms with E-state index in [0.29, 0.717) is 0 Å². The Morgan fingerprint density at radius 1 is 1.14 bits per heavy atom. The fourth-order valence-corrected chi connectivity index (χ4v) is 3.59. The molecule has 2 aromatic carbocycles. The van der Waals surface area contributed by atoms with E-state index in [4.69, 9.17) is 5.73 Å². The molecule has 0 spiro atoms. The molecule has 0 radical (unpaired) electrons. The molecule has 0 atom stereocenters. The summed E-state index contributed by atoms with van der Waals surface area (Å²) in [4.78, 5) is 3.56. The summed E-state index contributed by atoms with van der Waals surface area (Å²) < 4.78 is 12.8. The molecule has 4 heteroatoms. The van der Waals surface area contributed by atoms with E-state index in [1.807, 2.05) is 24.3 Å². The second kappa shape index (κ2) is 6.50. The van der Waals surface area contributed by atoms with Crippen molar-refractivity contribution in [1.29, 1.82) is 0 Å². The number of fused-ring (bicyclic) bond motifs is 1. The van der Waals surface area contributed by atoms with Gasteiger partial charge in [0.05, 0.1) is 0 Å². The molecular weight excluding hydrogens is 283 g/mol. The molecule has 3 rings (SSSR count). The number of nitrogens with two attached hydrogens (primary N) is 1. The van der Waals surface area contributed by atoms with E-state index in [9.17, 15) is 4.39 Å². The van der Waals surface area contributed by atoms with Gasteiger partial charge >= 0.3 is 0 Å². The zero-order chi connectivity index (χ0) is 14.7. The molecule has 0 amide bonds. The molecule has 0 saturated heterocycles. The average Bonchev–Trinajstić information content (AvgIpc) is 2.50. The van der Waals surface area contributed by atoms with E-state index in [1.54, 1.807) is 11.8 Å². The van der Waals surface area contributed by atoms with Crippen LogP contribution >= 0.6 is 11.8 Å². The van der Waals surface area contributed by atoms with Crippen LogP contribution in [0.3, 0.4) is 0 Å². The molecule has 21 heavy (non-hydrogen) atoms. The normalized spacial score (nSPS) is 14.9. The van der Waals surface area contributed by atoms with E-state index >= 15 is 0 Å². The van der Waals surface area contributed by atoms with E-state index in [-0.39, 0.29) is 5.82 Å². The number of anilines is 1. The van der Waals surface area contributed by atoms with Gasteiger partial charge in [-0.1, -0.05) is 12.1 Å². The molecule has 1 aliphatic heterocycles. The summed E-state index contributed by atoms with van der Waals surface area (Å²) in [6.07, 6.45) is 1.07. The Bertz CT molecular complexity index is 613. The van der Waals surface area contributed by atoms with Crippen LogP contribution in [-0.4, -0.2) is 23.7 Å². The molecule has 2 N–H and O–H groups in total. The number of halogens is 1. The van der Waals surface area contributed by atoms with Crippen LogP contribution in [0.5, 0.6) is 0 Å². The first kappa shape index (κ1) is 14.4. The summed E-state index contributed by atoms with van der Waals surface area (Å²) in [7, 11) is 0. The van der Waals surface area contributed by atoms with Gasteiger partial charge in [-0.2, -0.15) is 0 Å². The molecule has 0 saturated carbocycles. The van der Waals surface area contributed by atoms with E-state index in [0.717, 1.165) is 42.4 Å². The number of rotatable bonds is 4. The molecule has 0 aromatic heterocycles. The molecule has 0 aliphatic carbocycles. The molecule has 1 aliphatic rings. The third kappa shape index (κ3) is 3.57. The summed E-state index contributed by atoms with van der Waals surface area (Å²) in [5, 5.41) is 0. The van der Waals surface area contributed by atoms with Crippen LogP contribution in [0.4, 0.5) is 10.1 Å². The van der Waals surface area contributed by atoms with Gasteiger partial charge in [-0.3, -0.25) is 4.90 Å². The maximum atomic E-state index is 12.8. The maximum absolute atomic E-state index is 12.8. The van der Waals surface area contributed by atoms with Crippen LogP contribution in [0, 0.1) is 5.82 Å². The van der Waals surface area contributed by atoms with Crippen molar-refractivity contribution < 1.29 is 4.39 Å². The van der Waals surface area contributed by atoms with Gasteiger partial charge in [-0.05, 0) is 47.9 Å². The highest BCUT2D eigenvalue weighted by molar-refractivity contribution is 7.99. The minimum atomic E-state index is -0.178. The molecular formula is C17H19FN2S. The van der Waals surface area contributed by atoms with Gasteiger partial charge in [0.15, 0.2) is 0 Å². The summed E-state index contributed by atoms with van der Waals surface area (Å²) in [5.41, 5.74) is 9.65. The lowest BCUT2D eigenvalue weighted by Crippen LogP contribution is -2.32. The summed E-state index contributed by atoms with van der Waals surface area (Å²) in [5.74, 6) is 0.829. The molecule has 110 valence electrons. The first-order chi connectivity index (χ1) is 10.2. The van der Waals surface area contributed by atoms with Crippen molar-refractivity contribution in [2.75, 3.05) is 24.6 Å². The summed E-state index contributed by atoms with van der Waals surface area (Å²) >= 11 is 1.77. The summed E-state index contributed by atoms with van der Waals surface area (Å²) in [6.45, 7) is 3.04. The van der Waals surface area contributed by atoms with Crippen molar-refractivity contribution in [2.24, 2.45) is 0 Å². The maximum Gasteiger partial charge on any atom is 0.123 e. The quantitative estimate of drug-likeness (QED) is 0.692. The van der Waals surface area contributed by atoms with Gasteiger partial charge in [0.1, 0.15) is 5.82 Å². The lowest BCUT2D eigenvalue weighted by molar-refractivity contribution is 0.271. The standard InChI is InChI=1S/C17H19FN2S/c18-14-4-6-15(7-5-14)21-11-10-20-9-8-13-2-1-3-17(19)16(13)12-20/h1-7H,8-12,19H2. The SMILES string of the molecule is Nc1cccc2c1CN(CCSc1ccc(F)cc1)CC2. The Morgan fingerprint density at radius 2 is 1.95 bits per heavy atom. The van der Waals surface area contributed by atoms with Crippen LogP contribution in [0.15, 0.2) is 47.4 Å². The first-order valence-electron chi connectivity index (χ1n) is 7.19. The largest absolute Gasteiger partial charge is 0.398 e. The van der Waals surface area contributed by atoms with Crippen LogP contribution in [0.25, 0.3) is 0 Å². The number of benzene rings is 2. The summed E-state index contributed by atoms with van der Waals surface area (Å²) in [6, 6.07) is 12.9. The second-order valence-electron chi connectivity index (χ2n) is 5.31. The zero-order valence-electron chi connectivity index (χ0n) is 11.9. The van der Waals surface area contributed by atoms with E-state index in [2.05, 4.69) is 11.0 Å². The smallest absolute Gasteiger partial charge is 0.123 e. The lowest BCUT2D eigenvalue weighted by atomic mass is 9.98. The Balaban J connectivity index is 1.53. The van der Waals surface area contributed by atoms with Gasteiger partial charge in [0, 0.05) is 36.0 Å². The van der Waals surface area contributed by atoms with Gasteiger partial charge < -0.3 is 5.73 Å².